The zero-order chi connectivity index (χ0) is 28.3. The highest BCUT2D eigenvalue weighted by atomic mass is 32.2. The molecule has 0 atom stereocenters. The number of benzene rings is 2. The number of carbonyl (C=O) groups excluding carboxylic acids is 2. The number of thiophene rings is 1. The predicted octanol–water partition coefficient (Wildman–Crippen LogP) is 3.53. The second-order valence-corrected chi connectivity index (χ2v) is 11.4. The molecule has 11 nitrogen and oxygen atoms in total. The number of nitrogens with zero attached hydrogens (tertiary/aromatic N) is 3. The zero-order valence-corrected chi connectivity index (χ0v) is 23.3. The molecule has 204 valence electrons. The SMILES string of the molecule is CCOC(=O)c1nn(-c2ccc(OCC)cc2)c(=O)c2c(NC(=O)c3ccc(S(=O)(=O)N(C)C)cc3)scc12. The van der Waals surface area contributed by atoms with E-state index in [9.17, 15) is 22.8 Å². The Morgan fingerprint density at radius 3 is 2.28 bits per heavy atom. The molecule has 0 radical (unpaired) electrons. The van der Waals surface area contributed by atoms with Gasteiger partial charge in [-0.25, -0.2) is 17.5 Å². The molecule has 0 aliphatic rings. The first-order valence-electron chi connectivity index (χ1n) is 11.9. The maximum Gasteiger partial charge on any atom is 0.359 e. The van der Waals surface area contributed by atoms with Crippen LogP contribution in [0.5, 0.6) is 5.75 Å². The van der Waals surface area contributed by atoms with Crippen molar-refractivity contribution < 1.29 is 27.5 Å². The van der Waals surface area contributed by atoms with E-state index in [2.05, 4.69) is 10.4 Å². The molecule has 0 aliphatic carbocycles. The topological polar surface area (TPSA) is 137 Å². The van der Waals surface area contributed by atoms with Crippen LogP contribution >= 0.6 is 11.3 Å². The summed E-state index contributed by atoms with van der Waals surface area (Å²) in [7, 11) is -0.830. The summed E-state index contributed by atoms with van der Waals surface area (Å²) in [6.07, 6.45) is 0. The summed E-state index contributed by atoms with van der Waals surface area (Å²) in [4.78, 5) is 39.4. The Labute approximate surface area is 228 Å². The highest BCUT2D eigenvalue weighted by molar-refractivity contribution is 7.89. The molecular formula is C26H26N4O7S2. The number of ether oxygens (including phenoxy) is 2. The quantitative estimate of drug-likeness (QED) is 0.302. The fraction of sp³-hybridized carbons (Fsp3) is 0.231. The number of rotatable bonds is 9. The number of fused-ring (bicyclic) bond motifs is 1. The van der Waals surface area contributed by atoms with Crippen molar-refractivity contribution in [3.8, 4) is 11.4 Å². The second-order valence-electron chi connectivity index (χ2n) is 8.33. The Kier molecular flexibility index (Phi) is 8.14. The van der Waals surface area contributed by atoms with Crippen molar-refractivity contribution in [2.75, 3.05) is 32.6 Å². The highest BCUT2D eigenvalue weighted by Gasteiger charge is 2.24. The predicted molar refractivity (Wildman–Crippen MR) is 148 cm³/mol. The second kappa shape index (κ2) is 11.4. The third kappa shape index (κ3) is 5.55. The van der Waals surface area contributed by atoms with Crippen molar-refractivity contribution in [2.45, 2.75) is 18.7 Å². The normalized spacial score (nSPS) is 11.5. The third-order valence-corrected chi connectivity index (χ3v) is 8.36. The molecule has 0 unspecified atom stereocenters. The van der Waals surface area contributed by atoms with Crippen molar-refractivity contribution in [1.29, 1.82) is 0 Å². The highest BCUT2D eigenvalue weighted by Crippen LogP contribution is 2.31. The monoisotopic (exact) mass is 570 g/mol. The first-order chi connectivity index (χ1) is 18.6. The zero-order valence-electron chi connectivity index (χ0n) is 21.6. The van der Waals surface area contributed by atoms with Crippen molar-refractivity contribution in [3.63, 3.8) is 0 Å². The number of hydrogen-bond acceptors (Lipinski definition) is 9. The fourth-order valence-corrected chi connectivity index (χ4v) is 5.52. The Bertz CT molecular complexity index is 1690. The van der Waals surface area contributed by atoms with Gasteiger partial charge in [-0.3, -0.25) is 9.59 Å². The molecule has 39 heavy (non-hydrogen) atoms. The molecule has 0 saturated heterocycles. The Morgan fingerprint density at radius 2 is 1.69 bits per heavy atom. The van der Waals surface area contributed by atoms with Crippen LogP contribution in [-0.2, 0) is 14.8 Å². The molecule has 4 aromatic rings. The average molecular weight is 571 g/mol. The van der Waals surface area contributed by atoms with Gasteiger partial charge in [-0.05, 0) is 62.4 Å². The Morgan fingerprint density at radius 1 is 1.03 bits per heavy atom. The van der Waals surface area contributed by atoms with Crippen molar-refractivity contribution in [3.05, 3.63) is 75.5 Å². The minimum absolute atomic E-state index is 0.0361. The Balaban J connectivity index is 1.77. The van der Waals surface area contributed by atoms with E-state index in [1.807, 2.05) is 6.92 Å². The van der Waals surface area contributed by atoms with Crippen molar-refractivity contribution in [2.24, 2.45) is 0 Å². The van der Waals surface area contributed by atoms with Crippen LogP contribution in [0.2, 0.25) is 0 Å². The lowest BCUT2D eigenvalue weighted by atomic mass is 10.2. The minimum atomic E-state index is -3.66. The molecule has 0 spiro atoms. The molecular weight excluding hydrogens is 544 g/mol. The van der Waals surface area contributed by atoms with Crippen LogP contribution in [0.25, 0.3) is 16.5 Å². The first-order valence-corrected chi connectivity index (χ1v) is 14.2. The van der Waals surface area contributed by atoms with Crippen molar-refractivity contribution in [1.82, 2.24) is 14.1 Å². The van der Waals surface area contributed by atoms with E-state index in [1.54, 1.807) is 36.6 Å². The van der Waals surface area contributed by atoms with Crippen LogP contribution in [0.4, 0.5) is 5.00 Å². The molecule has 0 fully saturated rings. The van der Waals surface area contributed by atoms with Gasteiger partial charge < -0.3 is 14.8 Å². The summed E-state index contributed by atoms with van der Waals surface area (Å²) in [5.74, 6) is -0.668. The van der Waals surface area contributed by atoms with Crippen LogP contribution in [0.15, 0.2) is 63.6 Å². The lowest BCUT2D eigenvalue weighted by Gasteiger charge is -2.12. The number of nitrogens with one attached hydrogen (secondary N) is 1. The number of esters is 1. The van der Waals surface area contributed by atoms with Crippen LogP contribution in [0.3, 0.4) is 0 Å². The van der Waals surface area contributed by atoms with Crippen LogP contribution in [0.1, 0.15) is 34.7 Å². The molecule has 2 aromatic carbocycles. The van der Waals surface area contributed by atoms with Gasteiger partial charge in [0.1, 0.15) is 10.8 Å². The summed E-state index contributed by atoms with van der Waals surface area (Å²) in [6.45, 7) is 4.10. The lowest BCUT2D eigenvalue weighted by Crippen LogP contribution is -2.25. The van der Waals surface area contributed by atoms with E-state index in [0.717, 1.165) is 20.3 Å². The summed E-state index contributed by atoms with van der Waals surface area (Å²) >= 11 is 1.06. The fourth-order valence-electron chi connectivity index (χ4n) is 3.68. The van der Waals surface area contributed by atoms with Gasteiger partial charge in [0.05, 0.1) is 29.2 Å². The lowest BCUT2D eigenvalue weighted by molar-refractivity contribution is 0.0519. The third-order valence-electron chi connectivity index (χ3n) is 5.64. The smallest absolute Gasteiger partial charge is 0.359 e. The number of carbonyl (C=O) groups is 2. The van der Waals surface area contributed by atoms with Gasteiger partial charge in [0, 0.05) is 30.4 Å². The molecule has 1 N–H and O–H groups in total. The largest absolute Gasteiger partial charge is 0.494 e. The minimum Gasteiger partial charge on any atom is -0.494 e. The van der Waals surface area contributed by atoms with Gasteiger partial charge in [-0.15, -0.1) is 11.3 Å². The van der Waals surface area contributed by atoms with E-state index < -0.39 is 27.5 Å². The molecule has 4 rings (SSSR count). The average Bonchev–Trinajstić information content (AvgIpc) is 3.33. The van der Waals surface area contributed by atoms with E-state index in [4.69, 9.17) is 9.47 Å². The first kappa shape index (κ1) is 28.0. The van der Waals surface area contributed by atoms with Gasteiger partial charge in [0.2, 0.25) is 10.0 Å². The summed E-state index contributed by atoms with van der Waals surface area (Å²) in [5, 5.41) is 9.09. The number of hydrogen-bond donors (Lipinski definition) is 1. The van der Waals surface area contributed by atoms with Crippen LogP contribution in [0, 0.1) is 0 Å². The maximum absolute atomic E-state index is 13.6. The summed E-state index contributed by atoms with van der Waals surface area (Å²) in [6, 6.07) is 12.0. The molecule has 0 bridgehead atoms. The van der Waals surface area contributed by atoms with Gasteiger partial charge >= 0.3 is 5.97 Å². The van der Waals surface area contributed by atoms with Gasteiger partial charge in [-0.1, -0.05) is 0 Å². The van der Waals surface area contributed by atoms with E-state index in [0.29, 0.717) is 18.0 Å². The van der Waals surface area contributed by atoms with Gasteiger partial charge in [0.25, 0.3) is 11.5 Å². The standard InChI is InChI=1S/C26H26N4O7S2/c1-5-36-18-11-9-17(10-12-18)30-25(32)21-20(22(28-30)26(33)37-6-2)15-38-24(21)27-23(31)16-7-13-19(14-8-16)39(34,35)29(3)4/h7-15H,5-6H2,1-4H3,(H,27,31). The van der Waals surface area contributed by atoms with Crippen LogP contribution in [-0.4, -0.2) is 61.7 Å². The van der Waals surface area contributed by atoms with E-state index >= 15 is 0 Å². The number of aromatic nitrogens is 2. The maximum atomic E-state index is 13.6. The molecule has 1 amide bonds. The van der Waals surface area contributed by atoms with Gasteiger partial charge in [-0.2, -0.15) is 9.78 Å². The molecule has 2 aromatic heterocycles. The summed E-state index contributed by atoms with van der Waals surface area (Å²) in [5.41, 5.74) is -0.0562. The number of amides is 1. The number of anilines is 1. The Hall–Kier alpha value is -4.07. The summed E-state index contributed by atoms with van der Waals surface area (Å²) < 4.78 is 37.4. The van der Waals surface area contributed by atoms with Crippen molar-refractivity contribution >= 4 is 49.0 Å². The van der Waals surface area contributed by atoms with Crippen LogP contribution < -0.4 is 15.6 Å². The molecule has 0 saturated carbocycles. The molecule has 0 aliphatic heterocycles. The molecule has 13 heteroatoms. The number of sulfonamides is 1. The van der Waals surface area contributed by atoms with Gasteiger partial charge in [0.15, 0.2) is 5.69 Å². The molecule has 2 heterocycles. The van der Waals surface area contributed by atoms with E-state index in [-0.39, 0.29) is 38.5 Å². The van der Waals surface area contributed by atoms with E-state index in [1.165, 1.54) is 38.4 Å².